The molecule has 2 rings (SSSR count). The molecule has 0 aliphatic rings. The fourth-order valence-corrected chi connectivity index (χ4v) is 1.40. The highest BCUT2D eigenvalue weighted by molar-refractivity contribution is 5.44. The minimum atomic E-state index is -0.428. The second-order valence-corrected chi connectivity index (χ2v) is 3.61. The van der Waals surface area contributed by atoms with Gasteiger partial charge in [0.2, 0.25) is 0 Å². The first kappa shape index (κ1) is 11.8. The summed E-state index contributed by atoms with van der Waals surface area (Å²) in [6.45, 7) is 0.508. The molecule has 2 aromatic rings. The van der Waals surface area contributed by atoms with Crippen LogP contribution in [0.1, 0.15) is 5.56 Å². The van der Waals surface area contributed by atoms with E-state index in [9.17, 15) is 10.1 Å². The van der Waals surface area contributed by atoms with Crippen molar-refractivity contribution in [3.05, 3.63) is 52.3 Å². The van der Waals surface area contributed by atoms with Crippen LogP contribution in [0.2, 0.25) is 0 Å². The van der Waals surface area contributed by atoms with Gasteiger partial charge < -0.3 is 11.1 Å². The number of aromatic nitrogens is 2. The number of nitrogens with one attached hydrogen (secondary N) is 1. The van der Waals surface area contributed by atoms with Gasteiger partial charge in [-0.3, -0.25) is 10.1 Å². The van der Waals surface area contributed by atoms with Crippen molar-refractivity contribution in [3.63, 3.8) is 0 Å². The summed E-state index contributed by atoms with van der Waals surface area (Å²) in [4.78, 5) is 17.8. The Morgan fingerprint density at radius 3 is 2.61 bits per heavy atom. The Labute approximate surface area is 103 Å². The van der Waals surface area contributed by atoms with Crippen molar-refractivity contribution in [3.8, 4) is 0 Å². The van der Waals surface area contributed by atoms with E-state index < -0.39 is 4.92 Å². The fourth-order valence-electron chi connectivity index (χ4n) is 1.40. The maximum atomic E-state index is 10.5. The van der Waals surface area contributed by atoms with Gasteiger partial charge in [-0.15, -0.1) is 0 Å². The standard InChI is InChI=1S/C11H11N5O2/c12-10-5-11(15-7-14-10)13-6-8-1-3-9(4-2-8)16(17)18/h1-5,7H,6H2,(H3,12,13,14,15). The molecule has 1 heterocycles. The zero-order valence-electron chi connectivity index (χ0n) is 9.41. The van der Waals surface area contributed by atoms with Crippen LogP contribution in [0.3, 0.4) is 0 Å². The molecule has 0 aliphatic heterocycles. The summed E-state index contributed by atoms with van der Waals surface area (Å²) in [5.74, 6) is 0.997. The van der Waals surface area contributed by atoms with Gasteiger partial charge in [-0.1, -0.05) is 12.1 Å². The second kappa shape index (κ2) is 5.09. The molecule has 0 radical (unpaired) electrons. The molecular weight excluding hydrogens is 234 g/mol. The van der Waals surface area contributed by atoms with E-state index in [1.54, 1.807) is 18.2 Å². The molecule has 0 unspecified atom stereocenters. The van der Waals surface area contributed by atoms with Gasteiger partial charge in [0.05, 0.1) is 4.92 Å². The summed E-state index contributed by atoms with van der Waals surface area (Å²) in [6, 6.07) is 7.92. The summed E-state index contributed by atoms with van der Waals surface area (Å²) in [6.07, 6.45) is 1.37. The zero-order valence-corrected chi connectivity index (χ0v) is 9.41. The number of nitro groups is 1. The van der Waals surface area contributed by atoms with Crippen molar-refractivity contribution >= 4 is 17.3 Å². The molecule has 0 spiro atoms. The van der Waals surface area contributed by atoms with Gasteiger partial charge >= 0.3 is 0 Å². The first-order chi connectivity index (χ1) is 8.65. The molecular formula is C11H11N5O2. The lowest BCUT2D eigenvalue weighted by atomic mass is 10.2. The highest BCUT2D eigenvalue weighted by Gasteiger charge is 2.03. The van der Waals surface area contributed by atoms with E-state index in [2.05, 4.69) is 15.3 Å². The fraction of sp³-hybridized carbons (Fsp3) is 0.0909. The molecule has 3 N–H and O–H groups in total. The van der Waals surface area contributed by atoms with Gasteiger partial charge in [0.15, 0.2) is 0 Å². The lowest BCUT2D eigenvalue weighted by Gasteiger charge is -2.05. The van der Waals surface area contributed by atoms with E-state index in [4.69, 9.17) is 5.73 Å². The minimum Gasteiger partial charge on any atom is -0.384 e. The molecule has 0 saturated carbocycles. The van der Waals surface area contributed by atoms with E-state index in [-0.39, 0.29) is 5.69 Å². The van der Waals surface area contributed by atoms with E-state index in [0.717, 1.165) is 5.56 Å². The quantitative estimate of drug-likeness (QED) is 0.625. The second-order valence-electron chi connectivity index (χ2n) is 3.61. The van der Waals surface area contributed by atoms with Crippen LogP contribution in [0.4, 0.5) is 17.3 Å². The van der Waals surface area contributed by atoms with Gasteiger partial charge in [-0.05, 0) is 5.56 Å². The molecule has 0 atom stereocenters. The largest absolute Gasteiger partial charge is 0.384 e. The van der Waals surface area contributed by atoms with Crippen molar-refractivity contribution < 1.29 is 4.92 Å². The lowest BCUT2D eigenvalue weighted by Crippen LogP contribution is -2.03. The summed E-state index contributed by atoms with van der Waals surface area (Å²) in [5.41, 5.74) is 6.50. The minimum absolute atomic E-state index is 0.0741. The predicted octanol–water partition coefficient (Wildman–Crippen LogP) is 1.58. The zero-order chi connectivity index (χ0) is 13.0. The number of hydrogen-bond donors (Lipinski definition) is 2. The molecule has 0 saturated heterocycles. The number of non-ortho nitro benzene ring substituents is 1. The Hall–Kier alpha value is -2.70. The van der Waals surface area contributed by atoms with Crippen LogP contribution in [0, 0.1) is 10.1 Å². The number of benzene rings is 1. The van der Waals surface area contributed by atoms with E-state index in [1.807, 2.05) is 0 Å². The Bertz CT molecular complexity index is 556. The number of hydrogen-bond acceptors (Lipinski definition) is 6. The number of nitrogens with zero attached hydrogens (tertiary/aromatic N) is 3. The smallest absolute Gasteiger partial charge is 0.269 e. The SMILES string of the molecule is Nc1cc(NCc2ccc([N+](=O)[O-])cc2)ncn1. The number of nitro benzene ring substituents is 1. The summed E-state index contributed by atoms with van der Waals surface area (Å²) >= 11 is 0. The Balaban J connectivity index is 2.00. The predicted molar refractivity (Wildman–Crippen MR) is 66.9 cm³/mol. The van der Waals surface area contributed by atoms with E-state index >= 15 is 0 Å². The number of nitrogens with two attached hydrogens (primary N) is 1. The topological polar surface area (TPSA) is 107 Å². The summed E-state index contributed by atoms with van der Waals surface area (Å²) < 4.78 is 0. The van der Waals surface area contributed by atoms with Gasteiger partial charge in [0.25, 0.3) is 5.69 Å². The molecule has 92 valence electrons. The Kier molecular flexibility index (Phi) is 3.33. The molecule has 0 fully saturated rings. The van der Waals surface area contributed by atoms with Crippen molar-refractivity contribution in [1.82, 2.24) is 9.97 Å². The molecule has 0 aliphatic carbocycles. The third-order valence-corrected chi connectivity index (χ3v) is 2.31. The average Bonchev–Trinajstić information content (AvgIpc) is 2.37. The third kappa shape index (κ3) is 2.91. The van der Waals surface area contributed by atoms with Crippen LogP contribution in [0.5, 0.6) is 0 Å². The maximum absolute atomic E-state index is 10.5. The number of anilines is 2. The van der Waals surface area contributed by atoms with Crippen LogP contribution in [-0.2, 0) is 6.54 Å². The molecule has 0 bridgehead atoms. The maximum Gasteiger partial charge on any atom is 0.269 e. The number of nitrogen functional groups attached to an aromatic ring is 1. The first-order valence-electron chi connectivity index (χ1n) is 5.20. The van der Waals surface area contributed by atoms with Crippen molar-refractivity contribution in [2.45, 2.75) is 6.54 Å². The van der Waals surface area contributed by atoms with Crippen molar-refractivity contribution in [2.24, 2.45) is 0 Å². The molecule has 18 heavy (non-hydrogen) atoms. The van der Waals surface area contributed by atoms with Crippen molar-refractivity contribution in [2.75, 3.05) is 11.1 Å². The van der Waals surface area contributed by atoms with Gasteiger partial charge in [-0.25, -0.2) is 9.97 Å². The summed E-state index contributed by atoms with van der Waals surface area (Å²) in [7, 11) is 0. The Morgan fingerprint density at radius 2 is 2.00 bits per heavy atom. The summed E-state index contributed by atoms with van der Waals surface area (Å²) in [5, 5.41) is 13.5. The van der Waals surface area contributed by atoms with Crippen LogP contribution in [0.25, 0.3) is 0 Å². The van der Waals surface area contributed by atoms with Crippen LogP contribution < -0.4 is 11.1 Å². The average molecular weight is 245 g/mol. The lowest BCUT2D eigenvalue weighted by molar-refractivity contribution is -0.384. The van der Waals surface area contributed by atoms with Gasteiger partial charge in [0, 0.05) is 24.7 Å². The van der Waals surface area contributed by atoms with E-state index in [0.29, 0.717) is 18.2 Å². The molecule has 1 aromatic carbocycles. The third-order valence-electron chi connectivity index (χ3n) is 2.31. The van der Waals surface area contributed by atoms with Crippen LogP contribution in [0.15, 0.2) is 36.7 Å². The normalized spacial score (nSPS) is 10.0. The van der Waals surface area contributed by atoms with Crippen molar-refractivity contribution in [1.29, 1.82) is 0 Å². The highest BCUT2D eigenvalue weighted by Crippen LogP contribution is 2.13. The molecule has 0 amide bonds. The molecule has 7 heteroatoms. The molecule has 1 aromatic heterocycles. The van der Waals surface area contributed by atoms with E-state index in [1.165, 1.54) is 18.5 Å². The monoisotopic (exact) mass is 245 g/mol. The van der Waals surface area contributed by atoms with Gasteiger partial charge in [0.1, 0.15) is 18.0 Å². The highest BCUT2D eigenvalue weighted by atomic mass is 16.6. The van der Waals surface area contributed by atoms with Crippen LogP contribution in [-0.4, -0.2) is 14.9 Å². The molecule has 7 nitrogen and oxygen atoms in total. The Morgan fingerprint density at radius 1 is 1.28 bits per heavy atom. The van der Waals surface area contributed by atoms with Crippen LogP contribution >= 0.6 is 0 Å². The number of rotatable bonds is 4. The first-order valence-corrected chi connectivity index (χ1v) is 5.20. The van der Waals surface area contributed by atoms with Gasteiger partial charge in [-0.2, -0.15) is 0 Å².